The predicted molar refractivity (Wildman–Crippen MR) is 125 cm³/mol. The maximum absolute atomic E-state index is 13.5. The zero-order chi connectivity index (χ0) is 22.0. The molecule has 2 aromatic carbocycles. The van der Waals surface area contributed by atoms with Gasteiger partial charge in [-0.15, -0.1) is 11.8 Å². The molecule has 2 heterocycles. The quantitative estimate of drug-likeness (QED) is 0.441. The maximum atomic E-state index is 13.5. The maximum Gasteiger partial charge on any atom is 0.338 e. The first-order chi connectivity index (χ1) is 15.0. The Bertz CT molecular complexity index is 1320. The van der Waals surface area contributed by atoms with Gasteiger partial charge < -0.3 is 4.74 Å². The van der Waals surface area contributed by atoms with Gasteiger partial charge in [0.2, 0.25) is 0 Å². The van der Waals surface area contributed by atoms with Crippen LogP contribution in [0.4, 0.5) is 0 Å². The average molecular weight is 451 g/mol. The van der Waals surface area contributed by atoms with E-state index < -0.39 is 12.0 Å². The number of nitrogens with zero attached hydrogens (tertiary/aromatic N) is 2. The van der Waals surface area contributed by atoms with Gasteiger partial charge in [0.25, 0.3) is 5.56 Å². The van der Waals surface area contributed by atoms with Gasteiger partial charge in [0.05, 0.1) is 28.5 Å². The molecular weight excluding hydrogens is 428 g/mol. The number of carbonyl (C=O) groups excluding carboxylic acids is 1. The number of rotatable bonds is 5. The third kappa shape index (κ3) is 4.16. The fourth-order valence-electron chi connectivity index (χ4n) is 3.59. The number of esters is 1. The summed E-state index contributed by atoms with van der Waals surface area (Å²) in [4.78, 5) is 32.6. The normalized spacial score (nSPS) is 16.1. The highest BCUT2D eigenvalue weighted by Gasteiger charge is 2.33. The van der Waals surface area contributed by atoms with Crippen LogP contribution in [-0.4, -0.2) is 23.4 Å². The number of hydrogen-bond acceptors (Lipinski definition) is 6. The van der Waals surface area contributed by atoms with E-state index in [0.29, 0.717) is 20.6 Å². The number of allylic oxidation sites excluding steroid dienone is 1. The Hall–Kier alpha value is -2.90. The van der Waals surface area contributed by atoms with E-state index in [1.54, 1.807) is 30.2 Å². The molecular formula is C24H22N2O3S2. The Kier molecular flexibility index (Phi) is 6.25. The largest absolute Gasteiger partial charge is 0.463 e. The number of aromatic nitrogens is 1. The highest BCUT2D eigenvalue weighted by molar-refractivity contribution is 7.98. The first kappa shape index (κ1) is 21.3. The van der Waals surface area contributed by atoms with Crippen LogP contribution in [0.15, 0.2) is 80.5 Å². The Morgan fingerprint density at radius 2 is 1.90 bits per heavy atom. The number of fused-ring (bicyclic) bond motifs is 1. The van der Waals surface area contributed by atoms with Crippen molar-refractivity contribution < 1.29 is 9.53 Å². The summed E-state index contributed by atoms with van der Waals surface area (Å²) in [5.74, 6) is -0.445. The number of thiazole rings is 1. The lowest BCUT2D eigenvalue weighted by atomic mass is 9.96. The van der Waals surface area contributed by atoms with E-state index in [0.717, 1.165) is 16.0 Å². The van der Waals surface area contributed by atoms with Crippen molar-refractivity contribution in [2.75, 3.05) is 12.9 Å². The number of carbonyl (C=O) groups is 1. The lowest BCUT2D eigenvalue weighted by Gasteiger charge is -2.24. The molecule has 0 unspecified atom stereocenters. The number of thioether (sulfide) groups is 1. The van der Waals surface area contributed by atoms with Crippen molar-refractivity contribution in [1.82, 2.24) is 4.57 Å². The minimum Gasteiger partial charge on any atom is -0.463 e. The number of hydrogen-bond donors (Lipinski definition) is 0. The monoisotopic (exact) mass is 450 g/mol. The molecule has 1 aliphatic rings. The summed E-state index contributed by atoms with van der Waals surface area (Å²) in [7, 11) is 0. The van der Waals surface area contributed by atoms with Gasteiger partial charge in [-0.25, -0.2) is 9.79 Å². The molecule has 1 aliphatic heterocycles. The minimum absolute atomic E-state index is 0.166. The highest BCUT2D eigenvalue weighted by Crippen LogP contribution is 2.30. The van der Waals surface area contributed by atoms with Gasteiger partial charge >= 0.3 is 5.97 Å². The first-order valence-electron chi connectivity index (χ1n) is 9.92. The van der Waals surface area contributed by atoms with Crippen LogP contribution in [0.2, 0.25) is 0 Å². The molecule has 1 aromatic heterocycles. The molecule has 0 saturated carbocycles. The zero-order valence-electron chi connectivity index (χ0n) is 17.5. The second-order valence-electron chi connectivity index (χ2n) is 6.99. The zero-order valence-corrected chi connectivity index (χ0v) is 19.1. The molecule has 1 atom stereocenters. The first-order valence-corrected chi connectivity index (χ1v) is 12.0. The van der Waals surface area contributed by atoms with Gasteiger partial charge in [0.1, 0.15) is 0 Å². The molecule has 0 saturated heterocycles. The van der Waals surface area contributed by atoms with Gasteiger partial charge in [-0.2, -0.15) is 0 Å². The predicted octanol–water partition coefficient (Wildman–Crippen LogP) is 3.52. The molecule has 0 aliphatic carbocycles. The molecule has 0 radical (unpaired) electrons. The third-order valence-corrected chi connectivity index (χ3v) is 6.77. The van der Waals surface area contributed by atoms with E-state index in [1.165, 1.54) is 11.3 Å². The van der Waals surface area contributed by atoms with Crippen LogP contribution in [-0.2, 0) is 9.53 Å². The van der Waals surface area contributed by atoms with E-state index >= 15 is 0 Å². The smallest absolute Gasteiger partial charge is 0.338 e. The summed E-state index contributed by atoms with van der Waals surface area (Å²) >= 11 is 3.01. The Labute approximate surface area is 188 Å². The summed E-state index contributed by atoms with van der Waals surface area (Å²) in [6, 6.07) is 17.0. The second kappa shape index (κ2) is 9.08. The van der Waals surface area contributed by atoms with E-state index in [9.17, 15) is 9.59 Å². The summed E-state index contributed by atoms with van der Waals surface area (Å²) in [6.45, 7) is 3.82. The van der Waals surface area contributed by atoms with Crippen LogP contribution < -0.4 is 14.9 Å². The Balaban J connectivity index is 1.91. The van der Waals surface area contributed by atoms with Crippen LogP contribution in [0.1, 0.15) is 31.0 Å². The minimum atomic E-state index is -0.572. The van der Waals surface area contributed by atoms with Crippen LogP contribution in [0, 0.1) is 0 Å². The fourth-order valence-corrected chi connectivity index (χ4v) is 5.05. The molecule has 0 N–H and O–H groups in total. The standard InChI is InChI=1S/C24H22N2O3S2/c1-4-29-23(28)20-15(2)25-24-26(21(20)17-8-6-5-7-9-17)22(27)19(31-24)14-16-10-12-18(30-3)13-11-16/h5-14,21H,4H2,1-3H3/b19-14+/t21-/m0/s1. The molecule has 0 fully saturated rings. The lowest BCUT2D eigenvalue weighted by molar-refractivity contribution is -0.139. The summed E-state index contributed by atoms with van der Waals surface area (Å²) < 4.78 is 7.49. The van der Waals surface area contributed by atoms with Crippen LogP contribution in [0.3, 0.4) is 0 Å². The SMILES string of the molecule is CCOC(=O)C1=C(C)N=c2s/c(=C/c3ccc(SC)cc3)c(=O)n2[C@H]1c1ccccc1. The molecule has 0 spiro atoms. The van der Waals surface area contributed by atoms with Crippen molar-refractivity contribution in [2.45, 2.75) is 24.8 Å². The van der Waals surface area contributed by atoms with Crippen LogP contribution in [0.5, 0.6) is 0 Å². The number of benzene rings is 2. The topological polar surface area (TPSA) is 60.7 Å². The summed E-state index contributed by atoms with van der Waals surface area (Å²) in [5, 5.41) is 0. The van der Waals surface area contributed by atoms with Gasteiger partial charge in [0, 0.05) is 4.90 Å². The van der Waals surface area contributed by atoms with Gasteiger partial charge in [-0.1, -0.05) is 53.8 Å². The number of ether oxygens (including phenoxy) is 1. The second-order valence-corrected chi connectivity index (χ2v) is 8.87. The molecule has 158 valence electrons. The molecule has 0 amide bonds. The third-order valence-electron chi connectivity index (χ3n) is 5.05. The average Bonchev–Trinajstić information content (AvgIpc) is 3.08. The van der Waals surface area contributed by atoms with E-state index in [2.05, 4.69) is 4.99 Å². The van der Waals surface area contributed by atoms with E-state index in [-0.39, 0.29) is 12.2 Å². The van der Waals surface area contributed by atoms with Crippen LogP contribution >= 0.6 is 23.1 Å². The summed E-state index contributed by atoms with van der Waals surface area (Å²) in [5.41, 5.74) is 2.60. The van der Waals surface area contributed by atoms with Crippen molar-refractivity contribution in [1.29, 1.82) is 0 Å². The van der Waals surface area contributed by atoms with Gasteiger partial charge in [-0.3, -0.25) is 9.36 Å². The van der Waals surface area contributed by atoms with E-state index in [4.69, 9.17) is 4.74 Å². The molecule has 5 nitrogen and oxygen atoms in total. The lowest BCUT2D eigenvalue weighted by Crippen LogP contribution is -2.39. The van der Waals surface area contributed by atoms with E-state index in [1.807, 2.05) is 66.9 Å². The highest BCUT2D eigenvalue weighted by atomic mass is 32.2. The molecule has 4 rings (SSSR count). The van der Waals surface area contributed by atoms with Gasteiger partial charge in [0.15, 0.2) is 4.80 Å². The van der Waals surface area contributed by atoms with Gasteiger partial charge in [-0.05, 0) is 49.4 Å². The molecule has 7 heteroatoms. The van der Waals surface area contributed by atoms with Crippen molar-refractivity contribution >= 4 is 35.1 Å². The molecule has 0 bridgehead atoms. The fraction of sp³-hybridized carbons (Fsp3) is 0.208. The Morgan fingerprint density at radius 1 is 1.19 bits per heavy atom. The van der Waals surface area contributed by atoms with Crippen molar-refractivity contribution in [3.63, 3.8) is 0 Å². The molecule has 3 aromatic rings. The summed E-state index contributed by atoms with van der Waals surface area (Å²) in [6.07, 6.45) is 3.90. The van der Waals surface area contributed by atoms with Crippen LogP contribution in [0.25, 0.3) is 6.08 Å². The van der Waals surface area contributed by atoms with Crippen molar-refractivity contribution in [3.8, 4) is 0 Å². The molecule has 31 heavy (non-hydrogen) atoms. The van der Waals surface area contributed by atoms with Crippen molar-refractivity contribution in [3.05, 3.63) is 96.7 Å². The van der Waals surface area contributed by atoms with Crippen molar-refractivity contribution in [2.24, 2.45) is 4.99 Å². The Morgan fingerprint density at radius 3 is 2.55 bits per heavy atom.